The van der Waals surface area contributed by atoms with Gasteiger partial charge in [-0.15, -0.1) is 0 Å². The molecule has 4 rings (SSSR count). The number of hydrogen-bond acceptors (Lipinski definition) is 4. The van der Waals surface area contributed by atoms with E-state index in [1.165, 1.54) is 13.1 Å². The van der Waals surface area contributed by atoms with E-state index in [1.807, 2.05) is 6.07 Å². The van der Waals surface area contributed by atoms with E-state index in [2.05, 4.69) is 26.7 Å². The number of rotatable bonds is 2. The number of fused-ring (bicyclic) bond motifs is 3. The lowest BCUT2D eigenvalue weighted by Gasteiger charge is -2.46. The van der Waals surface area contributed by atoms with Crippen molar-refractivity contribution in [2.24, 2.45) is 0 Å². The highest BCUT2D eigenvalue weighted by atomic mass is 35.5. The third-order valence-corrected chi connectivity index (χ3v) is 3.90. The molecule has 3 aliphatic heterocycles. The average molecular weight is 253 g/mol. The SMILES string of the molecule is CCc1cc(Cl)nc(C2CN3CCN2CC3)n1. The molecule has 1 aromatic rings. The molecule has 5 heteroatoms. The number of halogens is 1. The molecule has 17 heavy (non-hydrogen) atoms. The van der Waals surface area contributed by atoms with Gasteiger partial charge in [0.25, 0.3) is 0 Å². The molecule has 1 atom stereocenters. The van der Waals surface area contributed by atoms with E-state index < -0.39 is 0 Å². The van der Waals surface area contributed by atoms with E-state index >= 15 is 0 Å². The Labute approximate surface area is 107 Å². The molecule has 0 amide bonds. The van der Waals surface area contributed by atoms with E-state index in [0.717, 1.165) is 37.6 Å². The first-order chi connectivity index (χ1) is 8.26. The molecular formula is C12H17ClN4. The maximum Gasteiger partial charge on any atom is 0.148 e. The zero-order valence-corrected chi connectivity index (χ0v) is 10.8. The van der Waals surface area contributed by atoms with Crippen LogP contribution in [0.4, 0.5) is 0 Å². The maximum absolute atomic E-state index is 6.07. The summed E-state index contributed by atoms with van der Waals surface area (Å²) in [6.07, 6.45) is 0.908. The molecule has 3 aliphatic rings. The van der Waals surface area contributed by atoms with Crippen molar-refractivity contribution in [3.63, 3.8) is 0 Å². The predicted molar refractivity (Wildman–Crippen MR) is 67.2 cm³/mol. The van der Waals surface area contributed by atoms with Crippen molar-refractivity contribution in [1.29, 1.82) is 0 Å². The lowest BCUT2D eigenvalue weighted by molar-refractivity contribution is 0.00857. The van der Waals surface area contributed by atoms with Gasteiger partial charge in [0.1, 0.15) is 11.0 Å². The van der Waals surface area contributed by atoms with Crippen molar-refractivity contribution in [2.75, 3.05) is 32.7 Å². The first kappa shape index (κ1) is 11.4. The minimum Gasteiger partial charge on any atom is -0.299 e. The summed E-state index contributed by atoms with van der Waals surface area (Å²) in [4.78, 5) is 14.0. The third-order valence-electron chi connectivity index (χ3n) is 3.70. The molecule has 4 heterocycles. The molecule has 4 nitrogen and oxygen atoms in total. The summed E-state index contributed by atoms with van der Waals surface area (Å²) in [6, 6.07) is 2.20. The van der Waals surface area contributed by atoms with E-state index in [-0.39, 0.29) is 0 Å². The van der Waals surface area contributed by atoms with Gasteiger partial charge in [-0.25, -0.2) is 9.97 Å². The second-order valence-corrected chi connectivity index (χ2v) is 5.13. The highest BCUT2D eigenvalue weighted by Crippen LogP contribution is 2.27. The normalized spacial score (nSPS) is 31.8. The topological polar surface area (TPSA) is 32.3 Å². The van der Waals surface area contributed by atoms with Crippen LogP contribution >= 0.6 is 11.6 Å². The van der Waals surface area contributed by atoms with Crippen molar-refractivity contribution in [3.05, 3.63) is 22.7 Å². The molecule has 0 saturated carbocycles. The molecule has 0 spiro atoms. The minimum atomic E-state index is 0.335. The zero-order chi connectivity index (χ0) is 11.8. The molecular weight excluding hydrogens is 236 g/mol. The number of hydrogen-bond donors (Lipinski definition) is 0. The predicted octanol–water partition coefficient (Wildman–Crippen LogP) is 1.36. The van der Waals surface area contributed by atoms with Crippen LogP contribution in [0.25, 0.3) is 0 Å². The fourth-order valence-electron chi connectivity index (χ4n) is 2.68. The Balaban J connectivity index is 1.90. The Kier molecular flexibility index (Phi) is 3.03. The van der Waals surface area contributed by atoms with Crippen LogP contribution in [-0.4, -0.2) is 52.5 Å². The van der Waals surface area contributed by atoms with Gasteiger partial charge in [-0.3, -0.25) is 9.80 Å². The van der Waals surface area contributed by atoms with Crippen molar-refractivity contribution in [2.45, 2.75) is 19.4 Å². The summed E-state index contributed by atoms with van der Waals surface area (Å²) in [7, 11) is 0. The second-order valence-electron chi connectivity index (χ2n) is 4.75. The summed E-state index contributed by atoms with van der Waals surface area (Å²) in [5.41, 5.74) is 1.04. The molecule has 3 saturated heterocycles. The standard InChI is InChI=1S/C12H17ClN4/c1-2-9-7-11(13)15-12(14-9)10-8-16-3-5-17(10)6-4-16/h7,10H,2-6,8H2,1H3. The van der Waals surface area contributed by atoms with Crippen LogP contribution in [0.2, 0.25) is 5.15 Å². The minimum absolute atomic E-state index is 0.335. The van der Waals surface area contributed by atoms with Crippen LogP contribution in [0.15, 0.2) is 6.07 Å². The maximum atomic E-state index is 6.07. The summed E-state index contributed by atoms with van der Waals surface area (Å²) in [5, 5.41) is 0.574. The Morgan fingerprint density at radius 1 is 1.29 bits per heavy atom. The van der Waals surface area contributed by atoms with Crippen LogP contribution in [0, 0.1) is 0 Å². The second kappa shape index (κ2) is 4.52. The molecule has 92 valence electrons. The Morgan fingerprint density at radius 2 is 2.06 bits per heavy atom. The van der Waals surface area contributed by atoms with Crippen molar-refractivity contribution in [1.82, 2.24) is 19.8 Å². The molecule has 1 unspecified atom stereocenters. The fourth-order valence-corrected chi connectivity index (χ4v) is 2.89. The van der Waals surface area contributed by atoms with Crippen LogP contribution in [0.3, 0.4) is 0 Å². The average Bonchev–Trinajstić information content (AvgIpc) is 2.39. The van der Waals surface area contributed by atoms with Gasteiger partial charge in [-0.05, 0) is 12.5 Å². The van der Waals surface area contributed by atoms with Gasteiger partial charge in [0.15, 0.2) is 0 Å². The Bertz CT molecular complexity index is 415. The summed E-state index contributed by atoms with van der Waals surface area (Å²) < 4.78 is 0. The molecule has 0 N–H and O–H groups in total. The Hall–Kier alpha value is -0.710. The van der Waals surface area contributed by atoms with Crippen molar-refractivity contribution < 1.29 is 0 Å². The quantitative estimate of drug-likeness (QED) is 0.745. The van der Waals surface area contributed by atoms with Gasteiger partial charge in [-0.2, -0.15) is 0 Å². The first-order valence-corrected chi connectivity index (χ1v) is 6.64. The highest BCUT2D eigenvalue weighted by Gasteiger charge is 2.34. The zero-order valence-electron chi connectivity index (χ0n) is 10.1. The fraction of sp³-hybridized carbons (Fsp3) is 0.667. The molecule has 3 fully saturated rings. The molecule has 0 radical (unpaired) electrons. The number of aryl methyl sites for hydroxylation is 1. The smallest absolute Gasteiger partial charge is 0.148 e. The van der Waals surface area contributed by atoms with Gasteiger partial charge in [0.2, 0.25) is 0 Å². The summed E-state index contributed by atoms with van der Waals surface area (Å²) in [5.74, 6) is 0.902. The Morgan fingerprint density at radius 3 is 2.65 bits per heavy atom. The van der Waals surface area contributed by atoms with Crippen LogP contribution < -0.4 is 0 Å². The monoisotopic (exact) mass is 252 g/mol. The first-order valence-electron chi connectivity index (χ1n) is 6.26. The van der Waals surface area contributed by atoms with Crippen LogP contribution in [0.5, 0.6) is 0 Å². The molecule has 0 aromatic carbocycles. The molecule has 2 bridgehead atoms. The number of piperazine rings is 3. The summed E-state index contributed by atoms with van der Waals surface area (Å²) in [6.45, 7) is 7.75. The molecule has 1 aromatic heterocycles. The van der Waals surface area contributed by atoms with Crippen LogP contribution in [0.1, 0.15) is 24.5 Å². The van der Waals surface area contributed by atoms with Gasteiger partial charge in [-0.1, -0.05) is 18.5 Å². The van der Waals surface area contributed by atoms with E-state index in [0.29, 0.717) is 11.2 Å². The highest BCUT2D eigenvalue weighted by molar-refractivity contribution is 6.29. The van der Waals surface area contributed by atoms with Gasteiger partial charge in [0, 0.05) is 38.4 Å². The number of aromatic nitrogens is 2. The summed E-state index contributed by atoms with van der Waals surface area (Å²) >= 11 is 6.07. The van der Waals surface area contributed by atoms with Crippen molar-refractivity contribution in [3.8, 4) is 0 Å². The van der Waals surface area contributed by atoms with Gasteiger partial charge >= 0.3 is 0 Å². The largest absolute Gasteiger partial charge is 0.299 e. The van der Waals surface area contributed by atoms with Gasteiger partial charge in [0.05, 0.1) is 6.04 Å². The molecule has 0 aliphatic carbocycles. The van der Waals surface area contributed by atoms with Gasteiger partial charge < -0.3 is 0 Å². The van der Waals surface area contributed by atoms with E-state index in [9.17, 15) is 0 Å². The van der Waals surface area contributed by atoms with E-state index in [4.69, 9.17) is 11.6 Å². The van der Waals surface area contributed by atoms with E-state index in [1.54, 1.807) is 0 Å². The van der Waals surface area contributed by atoms with Crippen molar-refractivity contribution >= 4 is 11.6 Å². The van der Waals surface area contributed by atoms with Crippen LogP contribution in [-0.2, 0) is 6.42 Å². The number of nitrogens with zero attached hydrogens (tertiary/aromatic N) is 4. The lowest BCUT2D eigenvalue weighted by atomic mass is 10.1. The lowest BCUT2D eigenvalue weighted by Crippen LogP contribution is -2.57. The third kappa shape index (κ3) is 2.17.